The molecule has 74 valence electrons. The number of rotatable bonds is 4. The maximum atomic E-state index is 11.7. The number of hydrogen-bond acceptors (Lipinski definition) is 2. The molecule has 0 spiro atoms. The fourth-order valence-electron chi connectivity index (χ4n) is 1.23. The number of nitrogens with zero attached hydrogens (tertiary/aromatic N) is 1. The van der Waals surface area contributed by atoms with Gasteiger partial charge in [-0.1, -0.05) is 19.1 Å². The Bertz CT molecular complexity index is 355. The van der Waals surface area contributed by atoms with Gasteiger partial charge in [-0.15, -0.1) is 0 Å². The van der Waals surface area contributed by atoms with Crippen LogP contribution in [0.1, 0.15) is 35.7 Å². The zero-order valence-electron chi connectivity index (χ0n) is 8.71. The monoisotopic (exact) mass is 189 g/mol. The van der Waals surface area contributed by atoms with Gasteiger partial charge in [-0.3, -0.25) is 9.78 Å². The van der Waals surface area contributed by atoms with Crippen molar-refractivity contribution in [2.45, 2.75) is 26.7 Å². The van der Waals surface area contributed by atoms with Gasteiger partial charge in [-0.05, 0) is 25.0 Å². The molecule has 2 nitrogen and oxygen atoms in total. The van der Waals surface area contributed by atoms with Crippen LogP contribution < -0.4 is 0 Å². The van der Waals surface area contributed by atoms with E-state index in [4.69, 9.17) is 0 Å². The Morgan fingerprint density at radius 2 is 2.29 bits per heavy atom. The third-order valence-corrected chi connectivity index (χ3v) is 2.23. The van der Waals surface area contributed by atoms with E-state index in [1.54, 1.807) is 18.5 Å². The molecule has 1 aromatic rings. The maximum Gasteiger partial charge on any atom is 0.167 e. The number of ketones is 1. The number of carbonyl (C=O) groups is 1. The topological polar surface area (TPSA) is 30.0 Å². The SMILES string of the molecule is C=C(CC)CC(=O)c1ccncc1C. The first-order chi connectivity index (χ1) is 6.65. The summed E-state index contributed by atoms with van der Waals surface area (Å²) < 4.78 is 0. The van der Waals surface area contributed by atoms with Gasteiger partial charge >= 0.3 is 0 Å². The highest BCUT2D eigenvalue weighted by Gasteiger charge is 2.08. The molecule has 0 aromatic carbocycles. The molecule has 1 rings (SSSR count). The minimum atomic E-state index is 0.136. The summed E-state index contributed by atoms with van der Waals surface area (Å²) in [4.78, 5) is 15.7. The van der Waals surface area contributed by atoms with Crippen LogP contribution in [0.4, 0.5) is 0 Å². The maximum absolute atomic E-state index is 11.7. The molecule has 0 bridgehead atoms. The van der Waals surface area contributed by atoms with E-state index in [1.165, 1.54) is 0 Å². The van der Waals surface area contributed by atoms with Gasteiger partial charge in [0, 0.05) is 24.4 Å². The molecular weight excluding hydrogens is 174 g/mol. The molecule has 0 unspecified atom stereocenters. The standard InChI is InChI=1S/C12H15NO/c1-4-9(2)7-12(14)11-5-6-13-8-10(11)3/h5-6,8H,2,4,7H2,1,3H3. The Kier molecular flexibility index (Phi) is 3.57. The lowest BCUT2D eigenvalue weighted by Gasteiger charge is -2.04. The minimum Gasteiger partial charge on any atom is -0.294 e. The highest BCUT2D eigenvalue weighted by atomic mass is 16.1. The third-order valence-electron chi connectivity index (χ3n) is 2.23. The van der Waals surface area contributed by atoms with Crippen LogP contribution >= 0.6 is 0 Å². The zero-order valence-corrected chi connectivity index (χ0v) is 8.71. The first kappa shape index (κ1) is 10.6. The summed E-state index contributed by atoms with van der Waals surface area (Å²) in [6.07, 6.45) is 4.66. The second-order valence-corrected chi connectivity index (χ2v) is 3.39. The summed E-state index contributed by atoms with van der Waals surface area (Å²) in [5.41, 5.74) is 2.67. The van der Waals surface area contributed by atoms with Crippen LogP contribution in [-0.2, 0) is 0 Å². The second kappa shape index (κ2) is 4.70. The van der Waals surface area contributed by atoms with Crippen molar-refractivity contribution >= 4 is 5.78 Å². The molecule has 0 fully saturated rings. The minimum absolute atomic E-state index is 0.136. The molecule has 14 heavy (non-hydrogen) atoms. The van der Waals surface area contributed by atoms with Gasteiger partial charge in [-0.25, -0.2) is 0 Å². The van der Waals surface area contributed by atoms with Crippen molar-refractivity contribution in [2.75, 3.05) is 0 Å². The van der Waals surface area contributed by atoms with Crippen LogP contribution in [0.15, 0.2) is 30.6 Å². The fraction of sp³-hybridized carbons (Fsp3) is 0.333. The Labute approximate surface area is 84.7 Å². The quantitative estimate of drug-likeness (QED) is 0.538. The highest BCUT2D eigenvalue weighted by Crippen LogP contribution is 2.12. The molecule has 0 N–H and O–H groups in total. The molecule has 1 aromatic heterocycles. The lowest BCUT2D eigenvalue weighted by molar-refractivity contribution is 0.0991. The summed E-state index contributed by atoms with van der Waals surface area (Å²) in [5, 5.41) is 0. The Morgan fingerprint density at radius 3 is 2.86 bits per heavy atom. The largest absolute Gasteiger partial charge is 0.294 e. The number of carbonyl (C=O) groups excluding carboxylic acids is 1. The summed E-state index contributed by atoms with van der Waals surface area (Å²) in [6.45, 7) is 7.74. The molecular formula is C12H15NO. The summed E-state index contributed by atoms with van der Waals surface area (Å²) >= 11 is 0. The lowest BCUT2D eigenvalue weighted by atomic mass is 10.0. The average molecular weight is 189 g/mol. The number of hydrogen-bond donors (Lipinski definition) is 0. The van der Waals surface area contributed by atoms with Crippen molar-refractivity contribution in [3.63, 3.8) is 0 Å². The zero-order chi connectivity index (χ0) is 10.6. The summed E-state index contributed by atoms with van der Waals surface area (Å²) in [5.74, 6) is 0.136. The second-order valence-electron chi connectivity index (χ2n) is 3.39. The van der Waals surface area contributed by atoms with Crippen molar-refractivity contribution in [2.24, 2.45) is 0 Å². The van der Waals surface area contributed by atoms with Crippen molar-refractivity contribution < 1.29 is 4.79 Å². The van der Waals surface area contributed by atoms with Crippen LogP contribution in [-0.4, -0.2) is 10.8 Å². The van der Waals surface area contributed by atoms with Crippen LogP contribution in [0.3, 0.4) is 0 Å². The van der Waals surface area contributed by atoms with E-state index >= 15 is 0 Å². The Hall–Kier alpha value is -1.44. The molecule has 0 saturated heterocycles. The van der Waals surface area contributed by atoms with Crippen molar-refractivity contribution in [3.8, 4) is 0 Å². The van der Waals surface area contributed by atoms with Crippen molar-refractivity contribution in [3.05, 3.63) is 41.7 Å². The van der Waals surface area contributed by atoms with E-state index < -0.39 is 0 Å². The molecule has 0 amide bonds. The van der Waals surface area contributed by atoms with Gasteiger partial charge < -0.3 is 0 Å². The first-order valence-corrected chi connectivity index (χ1v) is 4.75. The van der Waals surface area contributed by atoms with E-state index in [1.807, 2.05) is 13.8 Å². The smallest absolute Gasteiger partial charge is 0.167 e. The average Bonchev–Trinajstić information content (AvgIpc) is 2.18. The number of Topliss-reactive ketones (excluding diaryl/α,β-unsaturated/α-hetero) is 1. The molecule has 0 aliphatic carbocycles. The highest BCUT2D eigenvalue weighted by molar-refractivity contribution is 5.98. The first-order valence-electron chi connectivity index (χ1n) is 4.75. The van der Waals surface area contributed by atoms with Gasteiger partial charge in [0.2, 0.25) is 0 Å². The van der Waals surface area contributed by atoms with Gasteiger partial charge in [0.05, 0.1) is 0 Å². The number of aromatic nitrogens is 1. The summed E-state index contributed by atoms with van der Waals surface area (Å²) in [7, 11) is 0. The van der Waals surface area contributed by atoms with E-state index in [2.05, 4.69) is 11.6 Å². The molecule has 0 radical (unpaired) electrons. The van der Waals surface area contributed by atoms with Crippen molar-refractivity contribution in [1.82, 2.24) is 4.98 Å². The van der Waals surface area contributed by atoms with Gasteiger partial charge in [0.15, 0.2) is 5.78 Å². The molecule has 0 saturated carbocycles. The van der Waals surface area contributed by atoms with Gasteiger partial charge in [0.1, 0.15) is 0 Å². The molecule has 1 heterocycles. The predicted molar refractivity (Wildman–Crippen MR) is 57.4 cm³/mol. The number of allylic oxidation sites excluding steroid dienone is 1. The third kappa shape index (κ3) is 2.52. The molecule has 0 aliphatic rings. The predicted octanol–water partition coefficient (Wildman–Crippen LogP) is 2.93. The number of pyridine rings is 1. The van der Waals surface area contributed by atoms with Crippen LogP contribution in [0.5, 0.6) is 0 Å². The molecule has 2 heteroatoms. The molecule has 0 aliphatic heterocycles. The van der Waals surface area contributed by atoms with Crippen molar-refractivity contribution in [1.29, 1.82) is 0 Å². The van der Waals surface area contributed by atoms with Crippen LogP contribution in [0.25, 0.3) is 0 Å². The number of aryl methyl sites for hydroxylation is 1. The van der Waals surface area contributed by atoms with Crippen LogP contribution in [0, 0.1) is 6.92 Å². The van der Waals surface area contributed by atoms with E-state index in [9.17, 15) is 4.79 Å². The van der Waals surface area contributed by atoms with Gasteiger partial charge in [0.25, 0.3) is 0 Å². The Morgan fingerprint density at radius 1 is 1.57 bits per heavy atom. The normalized spacial score (nSPS) is 9.86. The molecule has 0 atom stereocenters. The lowest BCUT2D eigenvalue weighted by Crippen LogP contribution is -2.02. The van der Waals surface area contributed by atoms with E-state index in [0.29, 0.717) is 6.42 Å². The van der Waals surface area contributed by atoms with E-state index in [0.717, 1.165) is 23.1 Å². The van der Waals surface area contributed by atoms with E-state index in [-0.39, 0.29) is 5.78 Å². The van der Waals surface area contributed by atoms with Gasteiger partial charge in [-0.2, -0.15) is 0 Å². The summed E-state index contributed by atoms with van der Waals surface area (Å²) in [6, 6.07) is 1.76. The fourth-order valence-corrected chi connectivity index (χ4v) is 1.23. The Balaban J connectivity index is 2.80. The van der Waals surface area contributed by atoms with Crippen LogP contribution in [0.2, 0.25) is 0 Å².